The minimum absolute atomic E-state index is 0.757. The molecule has 1 aromatic heterocycles. The van der Waals surface area contributed by atoms with Crippen LogP contribution in [0.4, 0.5) is 5.82 Å². The minimum atomic E-state index is 0.757. The van der Waals surface area contributed by atoms with Crippen LogP contribution in [-0.2, 0) is 4.74 Å². The Bertz CT molecular complexity index is 353. The van der Waals surface area contributed by atoms with E-state index in [-0.39, 0.29) is 0 Å². The highest BCUT2D eigenvalue weighted by molar-refractivity contribution is 9.10. The van der Waals surface area contributed by atoms with Gasteiger partial charge in [-0.25, -0.2) is 4.98 Å². The van der Waals surface area contributed by atoms with E-state index in [9.17, 15) is 0 Å². The number of hydrogen-bond donors (Lipinski definition) is 1. The molecule has 0 saturated heterocycles. The molecular weight excluding hydrogens is 268 g/mol. The van der Waals surface area contributed by atoms with Gasteiger partial charge in [0, 0.05) is 23.8 Å². The van der Waals surface area contributed by atoms with Gasteiger partial charge in [-0.3, -0.25) is 0 Å². The number of aryl methyl sites for hydroxylation is 1. The van der Waals surface area contributed by atoms with Crippen LogP contribution in [0, 0.1) is 12.8 Å². The average molecular weight is 285 g/mol. The second kappa shape index (κ2) is 5.64. The molecule has 0 unspecified atom stereocenters. The Morgan fingerprint density at radius 2 is 2.38 bits per heavy atom. The number of ether oxygens (including phenoxy) is 1. The summed E-state index contributed by atoms with van der Waals surface area (Å²) in [5.74, 6) is 1.75. The lowest BCUT2D eigenvalue weighted by Crippen LogP contribution is -2.11. The highest BCUT2D eigenvalue weighted by Gasteiger charge is 2.20. The van der Waals surface area contributed by atoms with Crippen LogP contribution in [0.2, 0.25) is 0 Å². The molecule has 0 aromatic carbocycles. The number of nitrogens with one attached hydrogen (secondary N) is 1. The number of halogens is 1. The quantitative estimate of drug-likeness (QED) is 0.816. The Balaban J connectivity index is 1.65. The second-order valence-electron chi connectivity index (χ2n) is 4.26. The summed E-state index contributed by atoms with van der Waals surface area (Å²) in [7, 11) is 0. The Labute approximate surface area is 105 Å². The Morgan fingerprint density at radius 3 is 3.06 bits per heavy atom. The summed E-state index contributed by atoms with van der Waals surface area (Å²) in [6.07, 6.45) is 4.52. The highest BCUT2D eigenvalue weighted by Crippen LogP contribution is 2.28. The van der Waals surface area contributed by atoms with Crippen molar-refractivity contribution in [2.75, 3.05) is 25.1 Å². The maximum absolute atomic E-state index is 5.53. The molecule has 1 aliphatic rings. The van der Waals surface area contributed by atoms with Crippen molar-refractivity contribution >= 4 is 21.7 Å². The molecular formula is C12H17BrN2O. The summed E-state index contributed by atoms with van der Waals surface area (Å²) in [5.41, 5.74) is 1.19. The predicted molar refractivity (Wildman–Crippen MR) is 68.7 cm³/mol. The fourth-order valence-corrected chi connectivity index (χ4v) is 1.64. The first-order valence-electron chi connectivity index (χ1n) is 5.69. The molecule has 88 valence electrons. The predicted octanol–water partition coefficient (Wildman–Crippen LogP) is 2.99. The molecule has 1 heterocycles. The molecule has 16 heavy (non-hydrogen) atoms. The van der Waals surface area contributed by atoms with E-state index in [0.717, 1.165) is 36.0 Å². The first kappa shape index (κ1) is 11.9. The van der Waals surface area contributed by atoms with Crippen LogP contribution in [0.3, 0.4) is 0 Å². The molecule has 4 heteroatoms. The summed E-state index contributed by atoms with van der Waals surface area (Å²) >= 11 is 3.43. The van der Waals surface area contributed by atoms with Gasteiger partial charge in [0.25, 0.3) is 0 Å². The largest absolute Gasteiger partial charge is 0.379 e. The maximum atomic E-state index is 5.53. The van der Waals surface area contributed by atoms with E-state index in [1.54, 1.807) is 0 Å². The summed E-state index contributed by atoms with van der Waals surface area (Å²) in [6.45, 7) is 4.56. The summed E-state index contributed by atoms with van der Waals surface area (Å²) in [5, 5.41) is 3.25. The molecule has 1 fully saturated rings. The van der Waals surface area contributed by atoms with E-state index < -0.39 is 0 Å². The molecule has 0 radical (unpaired) electrons. The summed E-state index contributed by atoms with van der Waals surface area (Å²) in [4.78, 5) is 4.27. The monoisotopic (exact) mass is 284 g/mol. The van der Waals surface area contributed by atoms with Crippen LogP contribution in [0.1, 0.15) is 18.4 Å². The van der Waals surface area contributed by atoms with Crippen LogP contribution in [0.25, 0.3) is 0 Å². The zero-order valence-electron chi connectivity index (χ0n) is 9.50. The topological polar surface area (TPSA) is 34.1 Å². The lowest BCUT2D eigenvalue weighted by atomic mass is 10.3. The third-order valence-electron chi connectivity index (χ3n) is 2.65. The summed E-state index contributed by atoms with van der Waals surface area (Å²) < 4.78 is 6.58. The van der Waals surface area contributed by atoms with Gasteiger partial charge in [-0.1, -0.05) is 0 Å². The Kier molecular flexibility index (Phi) is 4.18. The van der Waals surface area contributed by atoms with Crippen LogP contribution >= 0.6 is 15.9 Å². The van der Waals surface area contributed by atoms with Gasteiger partial charge >= 0.3 is 0 Å². The number of anilines is 1. The van der Waals surface area contributed by atoms with Crippen molar-refractivity contribution in [2.24, 2.45) is 5.92 Å². The average Bonchev–Trinajstić information content (AvgIpc) is 3.07. The lowest BCUT2D eigenvalue weighted by molar-refractivity contribution is 0.134. The third kappa shape index (κ3) is 3.76. The van der Waals surface area contributed by atoms with E-state index in [0.29, 0.717) is 0 Å². The molecule has 3 nitrogen and oxygen atoms in total. The molecule has 1 aromatic rings. The van der Waals surface area contributed by atoms with Crippen molar-refractivity contribution in [1.29, 1.82) is 0 Å². The number of pyridine rings is 1. The van der Waals surface area contributed by atoms with Gasteiger partial charge in [-0.2, -0.15) is 0 Å². The standard InChI is InChI=1S/C12H17BrN2O/c1-9-6-12(15-7-11(9)13)14-4-5-16-8-10-2-3-10/h6-7,10H,2-5,8H2,1H3,(H,14,15). The zero-order chi connectivity index (χ0) is 11.4. The van der Waals surface area contributed by atoms with Crippen molar-refractivity contribution in [3.05, 3.63) is 22.3 Å². The van der Waals surface area contributed by atoms with Crippen LogP contribution in [0.15, 0.2) is 16.7 Å². The van der Waals surface area contributed by atoms with Gasteiger partial charge in [0.1, 0.15) is 5.82 Å². The third-order valence-corrected chi connectivity index (χ3v) is 3.48. The molecule has 2 rings (SSSR count). The van der Waals surface area contributed by atoms with Crippen molar-refractivity contribution in [1.82, 2.24) is 4.98 Å². The van der Waals surface area contributed by atoms with Crippen LogP contribution in [-0.4, -0.2) is 24.7 Å². The molecule has 1 N–H and O–H groups in total. The Morgan fingerprint density at radius 1 is 1.56 bits per heavy atom. The van der Waals surface area contributed by atoms with Crippen molar-refractivity contribution < 1.29 is 4.74 Å². The SMILES string of the molecule is Cc1cc(NCCOCC2CC2)ncc1Br. The van der Waals surface area contributed by atoms with E-state index >= 15 is 0 Å². The fraction of sp³-hybridized carbons (Fsp3) is 0.583. The smallest absolute Gasteiger partial charge is 0.126 e. The van der Waals surface area contributed by atoms with Gasteiger partial charge in [-0.05, 0) is 53.2 Å². The zero-order valence-corrected chi connectivity index (χ0v) is 11.1. The minimum Gasteiger partial charge on any atom is -0.379 e. The van der Waals surface area contributed by atoms with Gasteiger partial charge in [0.05, 0.1) is 6.61 Å². The molecule has 0 atom stereocenters. The molecule has 1 saturated carbocycles. The first-order chi connectivity index (χ1) is 7.75. The van der Waals surface area contributed by atoms with Crippen molar-refractivity contribution in [3.63, 3.8) is 0 Å². The molecule has 0 amide bonds. The van der Waals surface area contributed by atoms with Gasteiger partial charge in [-0.15, -0.1) is 0 Å². The molecule has 1 aliphatic carbocycles. The molecule has 0 spiro atoms. The normalized spacial score (nSPS) is 15.1. The highest BCUT2D eigenvalue weighted by atomic mass is 79.9. The maximum Gasteiger partial charge on any atom is 0.126 e. The van der Waals surface area contributed by atoms with Crippen molar-refractivity contribution in [2.45, 2.75) is 19.8 Å². The van der Waals surface area contributed by atoms with Gasteiger partial charge < -0.3 is 10.1 Å². The molecule has 0 bridgehead atoms. The van der Waals surface area contributed by atoms with Crippen LogP contribution in [0.5, 0.6) is 0 Å². The summed E-state index contributed by atoms with van der Waals surface area (Å²) in [6, 6.07) is 2.03. The van der Waals surface area contributed by atoms with E-state index in [2.05, 4.69) is 33.2 Å². The van der Waals surface area contributed by atoms with E-state index in [1.807, 2.05) is 12.3 Å². The van der Waals surface area contributed by atoms with E-state index in [1.165, 1.54) is 18.4 Å². The van der Waals surface area contributed by atoms with Gasteiger partial charge in [0.2, 0.25) is 0 Å². The number of nitrogens with zero attached hydrogens (tertiary/aromatic N) is 1. The lowest BCUT2D eigenvalue weighted by Gasteiger charge is -2.07. The Hall–Kier alpha value is -0.610. The first-order valence-corrected chi connectivity index (χ1v) is 6.49. The van der Waals surface area contributed by atoms with Gasteiger partial charge in [0.15, 0.2) is 0 Å². The van der Waals surface area contributed by atoms with E-state index in [4.69, 9.17) is 4.74 Å². The number of hydrogen-bond acceptors (Lipinski definition) is 3. The van der Waals surface area contributed by atoms with Crippen LogP contribution < -0.4 is 5.32 Å². The van der Waals surface area contributed by atoms with Crippen molar-refractivity contribution in [3.8, 4) is 0 Å². The fourth-order valence-electron chi connectivity index (χ4n) is 1.42. The molecule has 0 aliphatic heterocycles. The number of rotatable bonds is 6. The second-order valence-corrected chi connectivity index (χ2v) is 5.12. The number of aromatic nitrogens is 1.